The average molecular weight is 352 g/mol. The van der Waals surface area contributed by atoms with Crippen LogP contribution >= 0.6 is 0 Å². The molecule has 0 saturated carbocycles. The number of azo groups is 1. The Morgan fingerprint density at radius 1 is 1.31 bits per heavy atom. The first kappa shape index (κ1) is 17.4. The molecular weight excluding hydrogens is 332 g/mol. The zero-order valence-corrected chi connectivity index (χ0v) is 14.7. The van der Waals surface area contributed by atoms with Gasteiger partial charge < -0.3 is 10.8 Å². The van der Waals surface area contributed by atoms with Crippen molar-refractivity contribution in [3.8, 4) is 5.82 Å². The molecule has 3 aromatic rings. The number of nitrogens with two attached hydrogens (primary N) is 1. The van der Waals surface area contributed by atoms with E-state index in [1.54, 1.807) is 21.8 Å². The van der Waals surface area contributed by atoms with Gasteiger partial charge in [0.2, 0.25) is 0 Å². The zero-order chi connectivity index (χ0) is 18.7. The monoisotopic (exact) mass is 352 g/mol. The number of rotatable bonds is 6. The van der Waals surface area contributed by atoms with Crippen LogP contribution in [0.5, 0.6) is 0 Å². The van der Waals surface area contributed by atoms with Crippen molar-refractivity contribution < 1.29 is 0 Å². The number of hydrogen-bond donors (Lipinski definition) is 3. The Balaban J connectivity index is 2.07. The third kappa shape index (κ3) is 3.09. The van der Waals surface area contributed by atoms with Gasteiger partial charge in [0.1, 0.15) is 0 Å². The molecule has 0 aromatic carbocycles. The van der Waals surface area contributed by atoms with Gasteiger partial charge >= 0.3 is 0 Å². The maximum absolute atomic E-state index is 7.52. The molecule has 26 heavy (non-hydrogen) atoms. The minimum Gasteiger partial charge on any atom is -0.308 e. The number of anilines is 1. The van der Waals surface area contributed by atoms with Crippen LogP contribution < -0.4 is 11.3 Å². The van der Waals surface area contributed by atoms with Gasteiger partial charge in [-0.05, 0) is 32.9 Å². The van der Waals surface area contributed by atoms with Gasteiger partial charge in [0.25, 0.3) is 0 Å². The predicted molar refractivity (Wildman–Crippen MR) is 98.6 cm³/mol. The molecule has 0 atom stereocenters. The summed E-state index contributed by atoms with van der Waals surface area (Å²) in [4.78, 5) is 4.28. The first-order valence-corrected chi connectivity index (χ1v) is 8.04. The molecule has 3 heterocycles. The lowest BCUT2D eigenvalue weighted by Gasteiger charge is -2.07. The Labute approximate surface area is 150 Å². The van der Waals surface area contributed by atoms with E-state index in [-0.39, 0.29) is 6.04 Å². The maximum Gasteiger partial charge on any atom is 0.182 e. The van der Waals surface area contributed by atoms with Crippen molar-refractivity contribution in [3.05, 3.63) is 41.9 Å². The molecular formula is C16H20N10. The SMILES string of the molecule is Cc1nn(-c2ccccn2)c(NN)c1/N=N/c1c(C=N)cnn1C(C)C. The molecule has 4 N–H and O–H groups in total. The summed E-state index contributed by atoms with van der Waals surface area (Å²) in [5.41, 5.74) is 4.33. The summed E-state index contributed by atoms with van der Waals surface area (Å²) >= 11 is 0. The fourth-order valence-electron chi connectivity index (χ4n) is 2.46. The van der Waals surface area contributed by atoms with Crippen LogP contribution in [0.3, 0.4) is 0 Å². The van der Waals surface area contributed by atoms with E-state index in [9.17, 15) is 0 Å². The first-order chi connectivity index (χ1) is 12.6. The fraction of sp³-hybridized carbons (Fsp3) is 0.250. The van der Waals surface area contributed by atoms with Gasteiger partial charge in [-0.3, -0.25) is 0 Å². The zero-order valence-electron chi connectivity index (χ0n) is 14.7. The minimum atomic E-state index is 0.0853. The molecule has 10 nitrogen and oxygen atoms in total. The normalized spacial score (nSPS) is 11.4. The van der Waals surface area contributed by atoms with Crippen molar-refractivity contribution in [2.75, 3.05) is 5.43 Å². The average Bonchev–Trinajstić information content (AvgIpc) is 3.20. The Bertz CT molecular complexity index is 936. The second-order valence-electron chi connectivity index (χ2n) is 5.83. The van der Waals surface area contributed by atoms with E-state index in [1.165, 1.54) is 6.21 Å². The summed E-state index contributed by atoms with van der Waals surface area (Å²) in [5, 5.41) is 24.9. The summed E-state index contributed by atoms with van der Waals surface area (Å²) in [7, 11) is 0. The van der Waals surface area contributed by atoms with E-state index >= 15 is 0 Å². The molecule has 0 aliphatic heterocycles. The van der Waals surface area contributed by atoms with Crippen molar-refractivity contribution in [2.45, 2.75) is 26.8 Å². The number of pyridine rings is 1. The Kier molecular flexibility index (Phi) is 4.85. The lowest BCUT2D eigenvalue weighted by atomic mass is 10.3. The van der Waals surface area contributed by atoms with E-state index in [2.05, 4.69) is 30.8 Å². The summed E-state index contributed by atoms with van der Waals surface area (Å²) < 4.78 is 3.28. The summed E-state index contributed by atoms with van der Waals surface area (Å²) in [6.45, 7) is 5.78. The molecule has 0 bridgehead atoms. The van der Waals surface area contributed by atoms with Crippen LogP contribution in [0.4, 0.5) is 17.3 Å². The molecule has 3 aromatic heterocycles. The predicted octanol–water partition coefficient (Wildman–Crippen LogP) is 3.05. The van der Waals surface area contributed by atoms with Crippen molar-refractivity contribution >= 4 is 23.5 Å². The van der Waals surface area contributed by atoms with Gasteiger partial charge in [-0.15, -0.1) is 10.2 Å². The topological polar surface area (TPSA) is 135 Å². The highest BCUT2D eigenvalue weighted by molar-refractivity contribution is 5.82. The molecule has 0 saturated heterocycles. The van der Waals surface area contributed by atoms with Crippen LogP contribution in [0.25, 0.3) is 5.82 Å². The number of aromatic nitrogens is 5. The van der Waals surface area contributed by atoms with Gasteiger partial charge in [0, 0.05) is 18.5 Å². The van der Waals surface area contributed by atoms with Gasteiger partial charge in [0.05, 0.1) is 17.5 Å². The molecule has 0 radical (unpaired) electrons. The number of hydrogen-bond acceptors (Lipinski definition) is 8. The molecule has 0 amide bonds. The fourth-order valence-corrected chi connectivity index (χ4v) is 2.46. The van der Waals surface area contributed by atoms with E-state index in [0.717, 1.165) is 0 Å². The lowest BCUT2D eigenvalue weighted by molar-refractivity contribution is 0.535. The second kappa shape index (κ2) is 7.23. The quantitative estimate of drug-likeness (QED) is 0.271. The second-order valence-corrected chi connectivity index (χ2v) is 5.83. The Morgan fingerprint density at radius 2 is 2.12 bits per heavy atom. The molecule has 0 aliphatic rings. The molecule has 0 aliphatic carbocycles. The van der Waals surface area contributed by atoms with Gasteiger partial charge in [-0.1, -0.05) is 6.07 Å². The van der Waals surface area contributed by atoms with Crippen LogP contribution in [0.1, 0.15) is 31.1 Å². The van der Waals surface area contributed by atoms with Crippen molar-refractivity contribution in [3.63, 3.8) is 0 Å². The van der Waals surface area contributed by atoms with Gasteiger partial charge in [-0.2, -0.15) is 14.9 Å². The highest BCUT2D eigenvalue weighted by atomic mass is 15.4. The largest absolute Gasteiger partial charge is 0.308 e. The van der Waals surface area contributed by atoms with Crippen LogP contribution in [-0.4, -0.2) is 30.8 Å². The third-order valence-corrected chi connectivity index (χ3v) is 3.72. The molecule has 0 fully saturated rings. The van der Waals surface area contributed by atoms with Crippen molar-refractivity contribution in [2.24, 2.45) is 16.1 Å². The van der Waals surface area contributed by atoms with Crippen LogP contribution in [0.15, 0.2) is 40.8 Å². The van der Waals surface area contributed by atoms with Crippen molar-refractivity contribution in [1.82, 2.24) is 24.5 Å². The van der Waals surface area contributed by atoms with E-state index in [0.29, 0.717) is 34.4 Å². The Hall–Kier alpha value is -3.40. The smallest absolute Gasteiger partial charge is 0.182 e. The van der Waals surface area contributed by atoms with Gasteiger partial charge in [-0.25, -0.2) is 15.5 Å². The lowest BCUT2D eigenvalue weighted by Crippen LogP contribution is -2.12. The van der Waals surface area contributed by atoms with E-state index in [1.807, 2.05) is 39.0 Å². The molecule has 3 rings (SSSR count). The van der Waals surface area contributed by atoms with Crippen LogP contribution in [-0.2, 0) is 0 Å². The van der Waals surface area contributed by atoms with Crippen LogP contribution in [0, 0.1) is 12.3 Å². The Morgan fingerprint density at radius 3 is 2.73 bits per heavy atom. The summed E-state index contributed by atoms with van der Waals surface area (Å²) in [6, 6.07) is 5.58. The number of nitrogens with one attached hydrogen (secondary N) is 2. The van der Waals surface area contributed by atoms with Crippen molar-refractivity contribution in [1.29, 1.82) is 5.41 Å². The standard InChI is InChI=1S/C16H20N10/c1-10(2)25-15(12(8-17)9-20-25)23-22-14-11(3)24-26(16(14)21-18)13-6-4-5-7-19-13/h4-10,17,21H,18H2,1-3H3/b17-8?,23-22+. The first-order valence-electron chi connectivity index (χ1n) is 8.04. The summed E-state index contributed by atoms with van der Waals surface area (Å²) in [6.07, 6.45) is 4.46. The molecule has 0 unspecified atom stereocenters. The molecule has 0 spiro atoms. The number of nitrogens with zero attached hydrogens (tertiary/aromatic N) is 7. The number of nitrogen functional groups attached to an aromatic ring is 1. The molecule has 10 heteroatoms. The van der Waals surface area contributed by atoms with E-state index in [4.69, 9.17) is 11.3 Å². The minimum absolute atomic E-state index is 0.0853. The van der Waals surface area contributed by atoms with E-state index < -0.39 is 0 Å². The third-order valence-electron chi connectivity index (χ3n) is 3.72. The number of aryl methyl sites for hydroxylation is 1. The highest BCUT2D eigenvalue weighted by Crippen LogP contribution is 2.32. The highest BCUT2D eigenvalue weighted by Gasteiger charge is 2.17. The van der Waals surface area contributed by atoms with Crippen LogP contribution in [0.2, 0.25) is 0 Å². The number of hydrazine groups is 1. The van der Waals surface area contributed by atoms with Gasteiger partial charge in [0.15, 0.2) is 23.1 Å². The molecule has 134 valence electrons. The summed E-state index contributed by atoms with van der Waals surface area (Å²) in [5.74, 6) is 7.27. The maximum atomic E-state index is 7.52.